The van der Waals surface area contributed by atoms with Gasteiger partial charge in [0, 0.05) is 16.9 Å². The zero-order valence-electron chi connectivity index (χ0n) is 13.5. The Balaban J connectivity index is 1.70. The molecule has 0 aromatic heterocycles. The van der Waals surface area contributed by atoms with Gasteiger partial charge in [-0.2, -0.15) is 0 Å². The fourth-order valence-electron chi connectivity index (χ4n) is 6.07. The predicted molar refractivity (Wildman–Crippen MR) is 88.8 cm³/mol. The van der Waals surface area contributed by atoms with E-state index in [1.807, 2.05) is 12.2 Å². The maximum Gasteiger partial charge on any atom is 0.155 e. The maximum absolute atomic E-state index is 11.7. The SMILES string of the molecule is C[C@]12C[C@H](O)[C@H]3[C@@H](CCC4=CC(=O)CC[C@@H]43)[C@@H]1CC=C(Cl)[C@@H]2O. The van der Waals surface area contributed by atoms with Gasteiger partial charge in [0.2, 0.25) is 0 Å². The molecule has 4 aliphatic rings. The minimum absolute atomic E-state index is 0.235. The first-order valence-corrected chi connectivity index (χ1v) is 9.24. The minimum Gasteiger partial charge on any atom is -0.393 e. The molecule has 0 unspecified atom stereocenters. The molecule has 0 radical (unpaired) electrons. The Kier molecular flexibility index (Phi) is 3.75. The first-order valence-electron chi connectivity index (χ1n) is 8.87. The highest BCUT2D eigenvalue weighted by Gasteiger charge is 2.57. The van der Waals surface area contributed by atoms with Crippen molar-refractivity contribution >= 4 is 17.4 Å². The Morgan fingerprint density at radius 1 is 1.26 bits per heavy atom. The lowest BCUT2D eigenvalue weighted by molar-refractivity contribution is -0.140. The molecule has 4 rings (SSSR count). The summed E-state index contributed by atoms with van der Waals surface area (Å²) >= 11 is 6.21. The number of ketones is 1. The number of hydrogen-bond donors (Lipinski definition) is 2. The lowest BCUT2D eigenvalue weighted by atomic mass is 9.48. The highest BCUT2D eigenvalue weighted by atomic mass is 35.5. The van der Waals surface area contributed by atoms with E-state index in [0.29, 0.717) is 35.6 Å². The maximum atomic E-state index is 11.7. The quantitative estimate of drug-likeness (QED) is 0.714. The summed E-state index contributed by atoms with van der Waals surface area (Å²) in [5.41, 5.74) is 0.924. The van der Waals surface area contributed by atoms with Crippen molar-refractivity contribution in [3.05, 3.63) is 22.8 Å². The number of carbonyl (C=O) groups is 1. The fraction of sp³-hybridized carbons (Fsp3) is 0.737. The third-order valence-corrected chi connectivity index (χ3v) is 7.52. The summed E-state index contributed by atoms with van der Waals surface area (Å²) in [7, 11) is 0. The Labute approximate surface area is 142 Å². The van der Waals surface area contributed by atoms with Crippen LogP contribution in [0.2, 0.25) is 0 Å². The smallest absolute Gasteiger partial charge is 0.155 e. The van der Waals surface area contributed by atoms with E-state index in [4.69, 9.17) is 11.6 Å². The predicted octanol–water partition coefficient (Wildman–Crippen LogP) is 3.19. The molecule has 0 aliphatic heterocycles. The van der Waals surface area contributed by atoms with Crippen molar-refractivity contribution in [3.8, 4) is 0 Å². The number of aliphatic hydroxyl groups excluding tert-OH is 2. The summed E-state index contributed by atoms with van der Waals surface area (Å²) in [6.07, 6.45) is 7.70. The van der Waals surface area contributed by atoms with Crippen molar-refractivity contribution in [2.75, 3.05) is 0 Å². The van der Waals surface area contributed by atoms with E-state index in [-0.39, 0.29) is 17.1 Å². The second-order valence-electron chi connectivity index (χ2n) is 8.22. The van der Waals surface area contributed by atoms with E-state index in [1.165, 1.54) is 5.57 Å². The van der Waals surface area contributed by atoms with Crippen molar-refractivity contribution in [1.29, 1.82) is 0 Å². The van der Waals surface area contributed by atoms with Crippen LogP contribution in [0.15, 0.2) is 22.8 Å². The van der Waals surface area contributed by atoms with Crippen LogP contribution < -0.4 is 0 Å². The number of carbonyl (C=O) groups excluding carboxylic acids is 1. The van der Waals surface area contributed by atoms with Crippen LogP contribution in [0.5, 0.6) is 0 Å². The summed E-state index contributed by atoms with van der Waals surface area (Å²) < 4.78 is 0. The standard InChI is InChI=1S/C19H25ClO3/c1-19-9-16(22)17-12-5-3-11(21)8-10(12)2-4-13(17)14(19)6-7-15(20)18(19)23/h7-8,12-14,16-18,22-23H,2-6,9H2,1H3/t12-,13-,14-,16-,17+,18-,19-/m0/s1. The van der Waals surface area contributed by atoms with E-state index < -0.39 is 12.2 Å². The number of allylic oxidation sites excluding steroid dienone is 3. The van der Waals surface area contributed by atoms with Crippen LogP contribution in [0.3, 0.4) is 0 Å². The molecule has 0 aromatic rings. The average molecular weight is 337 g/mol. The molecule has 0 saturated heterocycles. The summed E-state index contributed by atoms with van der Waals surface area (Å²) in [6, 6.07) is 0. The van der Waals surface area contributed by atoms with Gasteiger partial charge in [0.15, 0.2) is 5.78 Å². The first kappa shape index (κ1) is 15.9. The van der Waals surface area contributed by atoms with Gasteiger partial charge in [0.25, 0.3) is 0 Å². The number of halogens is 1. The van der Waals surface area contributed by atoms with Gasteiger partial charge in [-0.15, -0.1) is 0 Å². The van der Waals surface area contributed by atoms with E-state index >= 15 is 0 Å². The molecule has 3 nitrogen and oxygen atoms in total. The Bertz CT molecular complexity index is 595. The second-order valence-corrected chi connectivity index (χ2v) is 8.66. The lowest BCUT2D eigenvalue weighted by Gasteiger charge is -2.59. The van der Waals surface area contributed by atoms with Crippen LogP contribution in [0.4, 0.5) is 0 Å². The number of aliphatic hydroxyl groups is 2. The van der Waals surface area contributed by atoms with Crippen LogP contribution >= 0.6 is 11.6 Å². The molecular weight excluding hydrogens is 312 g/mol. The average Bonchev–Trinajstić information content (AvgIpc) is 2.51. The van der Waals surface area contributed by atoms with Gasteiger partial charge in [0.05, 0.1) is 12.2 Å². The molecule has 7 atom stereocenters. The first-order chi connectivity index (χ1) is 10.9. The molecule has 2 saturated carbocycles. The van der Waals surface area contributed by atoms with Crippen LogP contribution in [-0.2, 0) is 4.79 Å². The molecule has 0 bridgehead atoms. The number of fused-ring (bicyclic) bond motifs is 5. The largest absolute Gasteiger partial charge is 0.393 e. The lowest BCUT2D eigenvalue weighted by Crippen LogP contribution is -2.57. The minimum atomic E-state index is -0.664. The fourth-order valence-corrected chi connectivity index (χ4v) is 6.40. The molecule has 0 amide bonds. The van der Waals surface area contributed by atoms with Crippen LogP contribution in [0, 0.1) is 29.1 Å². The number of rotatable bonds is 0. The van der Waals surface area contributed by atoms with Crippen LogP contribution in [-0.4, -0.2) is 28.2 Å². The second kappa shape index (κ2) is 5.44. The Hall–Kier alpha value is -0.640. The van der Waals surface area contributed by atoms with E-state index in [9.17, 15) is 15.0 Å². The highest BCUT2D eigenvalue weighted by Crippen LogP contribution is 2.60. The zero-order valence-corrected chi connectivity index (χ0v) is 14.3. The third kappa shape index (κ3) is 2.27. The summed E-state index contributed by atoms with van der Waals surface area (Å²) in [6.45, 7) is 2.09. The van der Waals surface area contributed by atoms with Crippen LogP contribution in [0.1, 0.15) is 45.4 Å². The third-order valence-electron chi connectivity index (χ3n) is 7.16. The van der Waals surface area contributed by atoms with Gasteiger partial charge in [-0.05, 0) is 61.9 Å². The molecule has 0 heterocycles. The van der Waals surface area contributed by atoms with Gasteiger partial charge in [0.1, 0.15) is 0 Å². The number of hydrogen-bond acceptors (Lipinski definition) is 3. The molecule has 23 heavy (non-hydrogen) atoms. The molecule has 0 aromatic carbocycles. The Morgan fingerprint density at radius 3 is 2.83 bits per heavy atom. The molecule has 2 N–H and O–H groups in total. The van der Waals surface area contributed by atoms with Crippen molar-refractivity contribution in [1.82, 2.24) is 0 Å². The summed E-state index contributed by atoms with van der Waals surface area (Å²) in [4.78, 5) is 11.7. The van der Waals surface area contributed by atoms with E-state index in [1.54, 1.807) is 0 Å². The van der Waals surface area contributed by atoms with Crippen LogP contribution in [0.25, 0.3) is 0 Å². The van der Waals surface area contributed by atoms with Crippen molar-refractivity contribution in [2.24, 2.45) is 29.1 Å². The zero-order chi connectivity index (χ0) is 16.4. The summed E-state index contributed by atoms with van der Waals surface area (Å²) in [5, 5.41) is 22.1. The van der Waals surface area contributed by atoms with Crippen molar-refractivity contribution < 1.29 is 15.0 Å². The monoisotopic (exact) mass is 336 g/mol. The van der Waals surface area contributed by atoms with E-state index in [0.717, 1.165) is 25.7 Å². The van der Waals surface area contributed by atoms with Gasteiger partial charge in [-0.3, -0.25) is 4.79 Å². The molecule has 0 spiro atoms. The summed E-state index contributed by atoms with van der Waals surface area (Å²) in [5.74, 6) is 1.61. The van der Waals surface area contributed by atoms with Gasteiger partial charge >= 0.3 is 0 Å². The molecule has 2 fully saturated rings. The normalized spacial score (nSPS) is 49.5. The molecule has 126 valence electrons. The molecule has 4 aliphatic carbocycles. The van der Waals surface area contributed by atoms with Crippen molar-refractivity contribution in [3.63, 3.8) is 0 Å². The highest BCUT2D eigenvalue weighted by molar-refractivity contribution is 6.30. The molecular formula is C19H25ClO3. The van der Waals surface area contributed by atoms with Gasteiger partial charge in [-0.1, -0.05) is 30.2 Å². The van der Waals surface area contributed by atoms with Crippen molar-refractivity contribution in [2.45, 2.75) is 57.7 Å². The van der Waals surface area contributed by atoms with Gasteiger partial charge < -0.3 is 10.2 Å². The van der Waals surface area contributed by atoms with Gasteiger partial charge in [-0.25, -0.2) is 0 Å². The molecule has 4 heteroatoms. The van der Waals surface area contributed by atoms with E-state index in [2.05, 4.69) is 6.92 Å². The topological polar surface area (TPSA) is 57.5 Å². The Morgan fingerprint density at radius 2 is 2.04 bits per heavy atom.